The van der Waals surface area contributed by atoms with E-state index in [1.807, 2.05) is 0 Å². The van der Waals surface area contributed by atoms with Crippen LogP contribution in [0.2, 0.25) is 0 Å². The highest BCUT2D eigenvalue weighted by Gasteiger charge is 2.18. The summed E-state index contributed by atoms with van der Waals surface area (Å²) >= 11 is 0. The van der Waals surface area contributed by atoms with Gasteiger partial charge in [0.15, 0.2) is 0 Å². The van der Waals surface area contributed by atoms with Gasteiger partial charge in [-0.2, -0.15) is 0 Å². The molecule has 1 aliphatic rings. The zero-order chi connectivity index (χ0) is 14.8. The molecule has 0 saturated heterocycles. The van der Waals surface area contributed by atoms with Gasteiger partial charge in [0, 0.05) is 12.8 Å². The van der Waals surface area contributed by atoms with Crippen molar-refractivity contribution in [3.8, 4) is 5.75 Å². The summed E-state index contributed by atoms with van der Waals surface area (Å²) in [5.74, 6) is 1.10. The van der Waals surface area contributed by atoms with Gasteiger partial charge in [0.2, 0.25) is 0 Å². The molecule has 1 N–H and O–H groups in total. The number of esters is 1. The molecule has 5 heteroatoms. The molecule has 21 heavy (non-hydrogen) atoms. The Morgan fingerprint density at radius 1 is 1.29 bits per heavy atom. The van der Waals surface area contributed by atoms with Gasteiger partial charge >= 0.3 is 5.97 Å². The van der Waals surface area contributed by atoms with Gasteiger partial charge in [-0.3, -0.25) is 9.59 Å². The van der Waals surface area contributed by atoms with Gasteiger partial charge in [0.25, 0.3) is 5.56 Å². The monoisotopic (exact) mass is 286 g/mol. The number of benzene rings is 1. The predicted octanol–water partition coefficient (Wildman–Crippen LogP) is 2.90. The molecular formula is C16H18N2O3. The number of hydrogen-bond donors (Lipinski definition) is 1. The average Bonchev–Trinajstić information content (AvgIpc) is 2.48. The van der Waals surface area contributed by atoms with Crippen LogP contribution in [0.1, 0.15) is 50.8 Å². The number of aromatic amines is 1. The summed E-state index contributed by atoms with van der Waals surface area (Å²) in [4.78, 5) is 30.7. The van der Waals surface area contributed by atoms with Crippen molar-refractivity contribution in [2.24, 2.45) is 0 Å². The summed E-state index contributed by atoms with van der Waals surface area (Å²) in [6, 6.07) is 4.96. The summed E-state index contributed by atoms with van der Waals surface area (Å²) < 4.78 is 5.00. The molecule has 5 nitrogen and oxygen atoms in total. The van der Waals surface area contributed by atoms with E-state index in [0.29, 0.717) is 22.6 Å². The van der Waals surface area contributed by atoms with Crippen LogP contribution in [0.4, 0.5) is 0 Å². The van der Waals surface area contributed by atoms with Crippen molar-refractivity contribution < 1.29 is 9.53 Å². The lowest BCUT2D eigenvalue weighted by Crippen LogP contribution is -2.16. The summed E-state index contributed by atoms with van der Waals surface area (Å²) in [5.41, 5.74) is 0.477. The second-order valence-electron chi connectivity index (χ2n) is 5.56. The number of rotatable bonds is 2. The standard InChI is InChI=1S/C16H18N2O3/c1-10(19)21-12-7-8-14-13(9-12)16(20)18-15(17-14)11-5-3-2-4-6-11/h7-9,11H,2-6H2,1H3,(H,17,18,20). The molecule has 0 radical (unpaired) electrons. The first-order valence-electron chi connectivity index (χ1n) is 7.36. The molecule has 1 fully saturated rings. The fourth-order valence-electron chi connectivity index (χ4n) is 2.93. The number of nitrogens with zero attached hydrogens (tertiary/aromatic N) is 1. The van der Waals surface area contributed by atoms with Crippen LogP contribution >= 0.6 is 0 Å². The number of hydrogen-bond acceptors (Lipinski definition) is 4. The van der Waals surface area contributed by atoms with E-state index in [9.17, 15) is 9.59 Å². The van der Waals surface area contributed by atoms with Crippen LogP contribution in [0.15, 0.2) is 23.0 Å². The zero-order valence-corrected chi connectivity index (χ0v) is 12.0. The van der Waals surface area contributed by atoms with Crippen molar-refractivity contribution >= 4 is 16.9 Å². The Labute approximate surface area is 122 Å². The van der Waals surface area contributed by atoms with E-state index in [2.05, 4.69) is 9.97 Å². The van der Waals surface area contributed by atoms with Crippen molar-refractivity contribution in [1.82, 2.24) is 9.97 Å². The molecule has 1 saturated carbocycles. The third kappa shape index (κ3) is 2.96. The number of ether oxygens (including phenoxy) is 1. The van der Waals surface area contributed by atoms with Crippen molar-refractivity contribution in [2.75, 3.05) is 0 Å². The fourth-order valence-corrected chi connectivity index (χ4v) is 2.93. The van der Waals surface area contributed by atoms with Crippen molar-refractivity contribution in [3.63, 3.8) is 0 Å². The number of carbonyl (C=O) groups is 1. The maximum absolute atomic E-state index is 12.2. The molecule has 3 rings (SSSR count). The zero-order valence-electron chi connectivity index (χ0n) is 12.0. The SMILES string of the molecule is CC(=O)Oc1ccc2nc(C3CCCCC3)[nH]c(=O)c2c1. The first kappa shape index (κ1) is 13.8. The van der Waals surface area contributed by atoms with Crippen LogP contribution in [0.3, 0.4) is 0 Å². The number of fused-ring (bicyclic) bond motifs is 1. The van der Waals surface area contributed by atoms with E-state index in [4.69, 9.17) is 4.74 Å². The summed E-state index contributed by atoms with van der Waals surface area (Å²) in [6.45, 7) is 1.33. The minimum absolute atomic E-state index is 0.172. The Balaban J connectivity index is 2.00. The van der Waals surface area contributed by atoms with E-state index in [0.717, 1.165) is 18.7 Å². The normalized spacial score (nSPS) is 16.0. The van der Waals surface area contributed by atoms with Crippen LogP contribution in [0.5, 0.6) is 5.75 Å². The van der Waals surface area contributed by atoms with Crippen LogP contribution in [0.25, 0.3) is 10.9 Å². The van der Waals surface area contributed by atoms with Crippen LogP contribution in [-0.2, 0) is 4.79 Å². The van der Waals surface area contributed by atoms with Crippen LogP contribution in [0, 0.1) is 0 Å². The van der Waals surface area contributed by atoms with Gasteiger partial charge in [-0.25, -0.2) is 4.98 Å². The van der Waals surface area contributed by atoms with Gasteiger partial charge < -0.3 is 9.72 Å². The second-order valence-corrected chi connectivity index (χ2v) is 5.56. The van der Waals surface area contributed by atoms with Crippen LogP contribution in [-0.4, -0.2) is 15.9 Å². The molecule has 2 aromatic rings. The Bertz CT molecular complexity index is 730. The molecule has 0 bridgehead atoms. The topological polar surface area (TPSA) is 72.0 Å². The lowest BCUT2D eigenvalue weighted by atomic mass is 9.88. The van der Waals surface area contributed by atoms with Gasteiger partial charge in [-0.05, 0) is 31.0 Å². The maximum Gasteiger partial charge on any atom is 0.308 e. The summed E-state index contributed by atoms with van der Waals surface area (Å²) in [5, 5.41) is 0.452. The molecule has 0 aliphatic heterocycles. The Morgan fingerprint density at radius 3 is 2.76 bits per heavy atom. The average molecular weight is 286 g/mol. The highest BCUT2D eigenvalue weighted by molar-refractivity contribution is 5.80. The quantitative estimate of drug-likeness (QED) is 0.680. The largest absolute Gasteiger partial charge is 0.427 e. The molecule has 0 atom stereocenters. The van der Waals surface area contributed by atoms with Gasteiger partial charge in [-0.1, -0.05) is 19.3 Å². The maximum atomic E-state index is 12.2. The third-order valence-corrected chi connectivity index (χ3v) is 3.95. The molecule has 0 amide bonds. The van der Waals surface area contributed by atoms with Crippen molar-refractivity contribution in [2.45, 2.75) is 44.9 Å². The van der Waals surface area contributed by atoms with E-state index >= 15 is 0 Å². The fraction of sp³-hybridized carbons (Fsp3) is 0.438. The van der Waals surface area contributed by atoms with Crippen molar-refractivity contribution in [1.29, 1.82) is 0 Å². The number of nitrogens with one attached hydrogen (secondary N) is 1. The second kappa shape index (κ2) is 5.68. The van der Waals surface area contributed by atoms with Gasteiger partial charge in [0.05, 0.1) is 10.9 Å². The molecular weight excluding hydrogens is 268 g/mol. The smallest absolute Gasteiger partial charge is 0.308 e. The molecule has 0 unspecified atom stereocenters. The van der Waals surface area contributed by atoms with E-state index < -0.39 is 5.97 Å². The summed E-state index contributed by atoms with van der Waals surface area (Å²) in [6.07, 6.45) is 5.82. The summed E-state index contributed by atoms with van der Waals surface area (Å²) in [7, 11) is 0. The highest BCUT2D eigenvalue weighted by atomic mass is 16.5. The molecule has 1 aromatic heterocycles. The van der Waals surface area contributed by atoms with E-state index in [-0.39, 0.29) is 5.56 Å². The Morgan fingerprint density at radius 2 is 2.05 bits per heavy atom. The molecule has 1 heterocycles. The molecule has 1 aliphatic carbocycles. The lowest BCUT2D eigenvalue weighted by Gasteiger charge is -2.20. The van der Waals surface area contributed by atoms with Gasteiger partial charge in [-0.15, -0.1) is 0 Å². The first-order chi connectivity index (χ1) is 10.1. The third-order valence-electron chi connectivity index (χ3n) is 3.95. The highest BCUT2D eigenvalue weighted by Crippen LogP contribution is 2.30. The van der Waals surface area contributed by atoms with Crippen LogP contribution < -0.4 is 10.3 Å². The van der Waals surface area contributed by atoms with E-state index in [1.165, 1.54) is 26.2 Å². The Kier molecular flexibility index (Phi) is 3.73. The van der Waals surface area contributed by atoms with Crippen molar-refractivity contribution in [3.05, 3.63) is 34.4 Å². The molecule has 0 spiro atoms. The van der Waals surface area contributed by atoms with Gasteiger partial charge in [0.1, 0.15) is 11.6 Å². The first-order valence-corrected chi connectivity index (χ1v) is 7.36. The minimum Gasteiger partial charge on any atom is -0.427 e. The minimum atomic E-state index is -0.405. The molecule has 1 aromatic carbocycles. The molecule has 110 valence electrons. The predicted molar refractivity (Wildman–Crippen MR) is 79.5 cm³/mol. The number of aromatic nitrogens is 2. The number of carbonyl (C=O) groups excluding carboxylic acids is 1. The van der Waals surface area contributed by atoms with E-state index in [1.54, 1.807) is 18.2 Å². The lowest BCUT2D eigenvalue weighted by molar-refractivity contribution is -0.131. The Hall–Kier alpha value is -2.17. The number of H-pyrrole nitrogens is 1.